The van der Waals surface area contributed by atoms with Gasteiger partial charge in [0.25, 0.3) is 0 Å². The van der Waals surface area contributed by atoms with E-state index in [1.165, 1.54) is 6.07 Å². The smallest absolute Gasteiger partial charge is 0.248 e. The van der Waals surface area contributed by atoms with Crippen molar-refractivity contribution in [1.82, 2.24) is 9.88 Å². The Balaban J connectivity index is 1.46. The van der Waals surface area contributed by atoms with E-state index in [2.05, 4.69) is 21.7 Å². The number of piperazine rings is 1. The van der Waals surface area contributed by atoms with Crippen LogP contribution in [0.25, 0.3) is 10.9 Å². The number of rotatable bonds is 6. The van der Waals surface area contributed by atoms with Crippen LogP contribution in [0.4, 0.5) is 5.69 Å². The first kappa shape index (κ1) is 21.0. The first-order valence-corrected chi connectivity index (χ1v) is 11.0. The molecular weight excluding hydrogens is 421 g/mol. The van der Waals surface area contributed by atoms with Crippen LogP contribution in [-0.4, -0.2) is 42.3 Å². The monoisotopic (exact) mass is 445 g/mol. The lowest BCUT2D eigenvalue weighted by atomic mass is 10.2. The Morgan fingerprint density at radius 3 is 2.60 bits per heavy atom. The third-order valence-corrected chi connectivity index (χ3v) is 6.31. The number of pyridine rings is 1. The molecule has 2 aromatic carbocycles. The van der Waals surface area contributed by atoms with Crippen molar-refractivity contribution in [2.75, 3.05) is 31.1 Å². The maximum Gasteiger partial charge on any atom is 0.248 e. The van der Waals surface area contributed by atoms with Crippen molar-refractivity contribution in [3.63, 3.8) is 0 Å². The molecule has 1 atom stereocenters. The second-order valence-corrected chi connectivity index (χ2v) is 8.31. The fourth-order valence-electron chi connectivity index (χ4n) is 3.91. The summed E-state index contributed by atoms with van der Waals surface area (Å²) in [7, 11) is 0. The molecule has 2 heterocycles. The fraction of sp³-hybridized carbons (Fsp3) is 0.348. The molecule has 4 rings (SSSR count). The normalized spacial score (nSPS) is 16.0. The summed E-state index contributed by atoms with van der Waals surface area (Å²) in [4.78, 5) is 19.1. The minimum absolute atomic E-state index is 0.0140. The van der Waals surface area contributed by atoms with E-state index in [1.54, 1.807) is 0 Å². The zero-order valence-electron chi connectivity index (χ0n) is 16.9. The Morgan fingerprint density at radius 2 is 1.83 bits per heavy atom. The van der Waals surface area contributed by atoms with Gasteiger partial charge in [0.2, 0.25) is 5.56 Å². The number of nitrogens with one attached hydrogen (secondary N) is 1. The average molecular weight is 446 g/mol. The number of benzene rings is 2. The van der Waals surface area contributed by atoms with Crippen LogP contribution in [0.5, 0.6) is 5.75 Å². The molecule has 158 valence electrons. The lowest BCUT2D eigenvalue weighted by molar-refractivity contribution is 0.0146. The molecule has 1 saturated heterocycles. The molecule has 5 nitrogen and oxygen atoms in total. The van der Waals surface area contributed by atoms with E-state index in [4.69, 9.17) is 27.9 Å². The fourth-order valence-corrected chi connectivity index (χ4v) is 4.32. The number of anilines is 1. The SMILES string of the molecule is CCCC(Oc1ccc2ccc(=O)[nH]c2c1)N1CCN(c2cccc(Cl)c2Cl)CC1. The predicted molar refractivity (Wildman–Crippen MR) is 124 cm³/mol. The zero-order chi connectivity index (χ0) is 21.1. The summed E-state index contributed by atoms with van der Waals surface area (Å²) in [5.41, 5.74) is 1.66. The number of halogens is 2. The minimum atomic E-state index is -0.111. The Labute approximate surface area is 186 Å². The molecule has 0 amide bonds. The number of fused-ring (bicyclic) bond motifs is 1. The van der Waals surface area contributed by atoms with E-state index in [1.807, 2.05) is 42.5 Å². The highest BCUT2D eigenvalue weighted by Gasteiger charge is 2.26. The van der Waals surface area contributed by atoms with Crippen LogP contribution >= 0.6 is 23.2 Å². The van der Waals surface area contributed by atoms with Gasteiger partial charge in [0.1, 0.15) is 5.75 Å². The molecule has 30 heavy (non-hydrogen) atoms. The molecule has 1 aromatic heterocycles. The Morgan fingerprint density at radius 1 is 1.07 bits per heavy atom. The summed E-state index contributed by atoms with van der Waals surface area (Å²) in [5.74, 6) is 0.767. The molecule has 3 aromatic rings. The van der Waals surface area contributed by atoms with Crippen LogP contribution in [-0.2, 0) is 0 Å². The molecule has 1 fully saturated rings. The van der Waals surface area contributed by atoms with Crippen molar-refractivity contribution < 1.29 is 4.74 Å². The summed E-state index contributed by atoms with van der Waals surface area (Å²) in [6.45, 7) is 5.62. The molecule has 1 unspecified atom stereocenters. The van der Waals surface area contributed by atoms with Crippen LogP contribution in [0, 0.1) is 0 Å². The summed E-state index contributed by atoms with van der Waals surface area (Å²) < 4.78 is 6.36. The third-order valence-electron chi connectivity index (χ3n) is 5.50. The molecule has 0 bridgehead atoms. The van der Waals surface area contributed by atoms with Gasteiger partial charge in [-0.05, 0) is 42.1 Å². The zero-order valence-corrected chi connectivity index (χ0v) is 18.4. The number of aromatic nitrogens is 1. The highest BCUT2D eigenvalue weighted by atomic mass is 35.5. The molecule has 1 aliphatic heterocycles. The van der Waals surface area contributed by atoms with E-state index < -0.39 is 0 Å². The second kappa shape index (κ2) is 9.29. The highest BCUT2D eigenvalue weighted by molar-refractivity contribution is 6.43. The van der Waals surface area contributed by atoms with E-state index in [-0.39, 0.29) is 11.8 Å². The molecule has 1 aliphatic rings. The van der Waals surface area contributed by atoms with Crippen LogP contribution in [0.15, 0.2) is 53.3 Å². The Bertz CT molecular complexity index is 1080. The van der Waals surface area contributed by atoms with Gasteiger partial charge >= 0.3 is 0 Å². The molecule has 1 N–H and O–H groups in total. The van der Waals surface area contributed by atoms with E-state index >= 15 is 0 Å². The lowest BCUT2D eigenvalue weighted by Crippen LogP contribution is -2.52. The number of hydrogen-bond donors (Lipinski definition) is 1. The quantitative estimate of drug-likeness (QED) is 0.568. The van der Waals surface area contributed by atoms with Gasteiger partial charge in [0.05, 0.1) is 21.2 Å². The van der Waals surface area contributed by atoms with Crippen LogP contribution in [0.1, 0.15) is 19.8 Å². The molecular formula is C23H25Cl2N3O2. The number of hydrogen-bond acceptors (Lipinski definition) is 4. The van der Waals surface area contributed by atoms with Gasteiger partial charge in [-0.15, -0.1) is 0 Å². The van der Waals surface area contributed by atoms with Crippen LogP contribution in [0.2, 0.25) is 10.0 Å². The first-order valence-electron chi connectivity index (χ1n) is 10.3. The molecule has 0 saturated carbocycles. The van der Waals surface area contributed by atoms with Gasteiger partial charge < -0.3 is 14.6 Å². The lowest BCUT2D eigenvalue weighted by Gasteiger charge is -2.40. The van der Waals surface area contributed by atoms with E-state index in [0.29, 0.717) is 10.0 Å². The topological polar surface area (TPSA) is 48.6 Å². The Hall–Kier alpha value is -2.21. The molecule has 0 aliphatic carbocycles. The van der Waals surface area contributed by atoms with Gasteiger partial charge in [-0.3, -0.25) is 9.69 Å². The summed E-state index contributed by atoms with van der Waals surface area (Å²) >= 11 is 12.6. The highest BCUT2D eigenvalue weighted by Crippen LogP contribution is 2.33. The van der Waals surface area contributed by atoms with Crippen molar-refractivity contribution in [2.45, 2.75) is 26.0 Å². The maximum absolute atomic E-state index is 11.6. The third kappa shape index (κ3) is 4.59. The summed E-state index contributed by atoms with van der Waals surface area (Å²) in [5, 5.41) is 2.18. The predicted octanol–water partition coefficient (Wildman–Crippen LogP) is 5.16. The van der Waals surface area contributed by atoms with Crippen molar-refractivity contribution in [1.29, 1.82) is 0 Å². The van der Waals surface area contributed by atoms with E-state index in [0.717, 1.165) is 61.4 Å². The number of ether oxygens (including phenoxy) is 1. The van der Waals surface area contributed by atoms with Crippen molar-refractivity contribution in [2.24, 2.45) is 0 Å². The first-order chi connectivity index (χ1) is 14.5. The van der Waals surface area contributed by atoms with Crippen molar-refractivity contribution >= 4 is 39.8 Å². The van der Waals surface area contributed by atoms with Crippen LogP contribution < -0.4 is 15.2 Å². The molecule has 0 radical (unpaired) electrons. The molecule has 0 spiro atoms. The van der Waals surface area contributed by atoms with Crippen LogP contribution in [0.3, 0.4) is 0 Å². The number of H-pyrrole nitrogens is 1. The summed E-state index contributed by atoms with van der Waals surface area (Å²) in [6.07, 6.45) is 1.94. The Kier molecular flexibility index (Phi) is 6.52. The van der Waals surface area contributed by atoms with Crippen molar-refractivity contribution in [3.8, 4) is 5.75 Å². The number of aromatic amines is 1. The average Bonchev–Trinajstić information content (AvgIpc) is 2.75. The van der Waals surface area contributed by atoms with Gasteiger partial charge in [-0.2, -0.15) is 0 Å². The molecule has 7 heteroatoms. The van der Waals surface area contributed by atoms with Gasteiger partial charge in [-0.1, -0.05) is 42.6 Å². The second-order valence-electron chi connectivity index (χ2n) is 7.53. The van der Waals surface area contributed by atoms with Gasteiger partial charge in [0.15, 0.2) is 6.23 Å². The number of nitrogens with zero attached hydrogens (tertiary/aromatic N) is 2. The minimum Gasteiger partial charge on any atom is -0.475 e. The van der Waals surface area contributed by atoms with Gasteiger partial charge in [-0.25, -0.2) is 0 Å². The standard InChI is InChI=1S/C23H25Cl2N3O2/c1-2-4-22(30-17-9-7-16-8-10-21(29)26-19(16)15-17)28-13-11-27(12-14-28)20-6-3-5-18(24)23(20)25/h3,5-10,15,22H,2,4,11-14H2,1H3,(H,26,29). The van der Waals surface area contributed by atoms with Crippen molar-refractivity contribution in [3.05, 3.63) is 68.9 Å². The largest absolute Gasteiger partial charge is 0.475 e. The maximum atomic E-state index is 11.6. The summed E-state index contributed by atoms with van der Waals surface area (Å²) in [6, 6.07) is 15.0. The van der Waals surface area contributed by atoms with E-state index in [9.17, 15) is 4.79 Å². The van der Waals surface area contributed by atoms with Gasteiger partial charge in [0, 0.05) is 38.3 Å².